The monoisotopic (exact) mass is 587 g/mol. The summed E-state index contributed by atoms with van der Waals surface area (Å²) in [5, 5.41) is 6.75. The lowest BCUT2D eigenvalue weighted by Crippen LogP contribution is -2.42. The van der Waals surface area contributed by atoms with Gasteiger partial charge in [-0.25, -0.2) is 0 Å². The molecule has 1 fully saturated rings. The van der Waals surface area contributed by atoms with Crippen molar-refractivity contribution < 1.29 is 43.0 Å². The molecule has 0 radical (unpaired) electrons. The predicted molar refractivity (Wildman–Crippen MR) is 146 cm³/mol. The minimum absolute atomic E-state index is 0.0206. The van der Waals surface area contributed by atoms with E-state index in [1.807, 2.05) is 0 Å². The Balaban J connectivity index is 2.61. The van der Waals surface area contributed by atoms with Crippen molar-refractivity contribution in [1.29, 1.82) is 0 Å². The highest BCUT2D eigenvalue weighted by atomic mass is 32.2. The van der Waals surface area contributed by atoms with Gasteiger partial charge in [0.2, 0.25) is 23.6 Å². The van der Waals surface area contributed by atoms with E-state index in [2.05, 4.69) is 16.0 Å². The van der Waals surface area contributed by atoms with Gasteiger partial charge in [-0.05, 0) is 6.92 Å². The number of nitrogens with two attached hydrogens (primary N) is 1. The first kappa shape index (κ1) is 35.1. The van der Waals surface area contributed by atoms with Crippen LogP contribution in [0.2, 0.25) is 0 Å². The number of nitrogens with zero attached hydrogens (tertiary/aromatic N) is 1. The van der Waals surface area contributed by atoms with Crippen molar-refractivity contribution >= 4 is 53.4 Å². The number of ketones is 1. The van der Waals surface area contributed by atoms with Gasteiger partial charge in [-0.15, -0.1) is 11.8 Å². The van der Waals surface area contributed by atoms with E-state index in [1.54, 1.807) is 20.8 Å². The molecule has 0 aliphatic carbocycles. The van der Waals surface area contributed by atoms with E-state index >= 15 is 0 Å². The average molecular weight is 588 g/mol. The van der Waals surface area contributed by atoms with E-state index in [9.17, 15) is 33.6 Å². The number of aldehydes is 1. The number of amides is 5. The smallest absolute Gasteiger partial charge is 0.258 e. The number of hydrogen-bond acceptors (Lipinski definition) is 11. The highest BCUT2D eigenvalue weighted by Crippen LogP contribution is 2.18. The van der Waals surface area contributed by atoms with Gasteiger partial charge in [-0.2, -0.15) is 0 Å². The highest BCUT2D eigenvalue weighted by Gasteiger charge is 2.38. The number of imide groups is 1. The van der Waals surface area contributed by atoms with Crippen LogP contribution in [0.15, 0.2) is 0 Å². The van der Waals surface area contributed by atoms with Crippen molar-refractivity contribution in [3.05, 3.63) is 0 Å². The molecule has 14 nitrogen and oxygen atoms in total. The molecule has 1 heterocycles. The Hall–Kier alpha value is -2.88. The van der Waals surface area contributed by atoms with Crippen LogP contribution in [0.3, 0.4) is 0 Å². The first-order chi connectivity index (χ1) is 18.9. The van der Waals surface area contributed by atoms with E-state index in [4.69, 9.17) is 15.2 Å². The summed E-state index contributed by atoms with van der Waals surface area (Å²) in [4.78, 5) is 85.1. The summed E-state index contributed by atoms with van der Waals surface area (Å²) < 4.78 is 10.8. The molecule has 0 aromatic rings. The van der Waals surface area contributed by atoms with Crippen molar-refractivity contribution in [2.75, 3.05) is 45.6 Å². The Morgan fingerprint density at radius 3 is 2.35 bits per heavy atom. The largest absolute Gasteiger partial charge is 0.368 e. The maximum Gasteiger partial charge on any atom is 0.258 e. The van der Waals surface area contributed by atoms with Crippen LogP contribution in [-0.2, 0) is 43.0 Å². The zero-order chi connectivity index (χ0) is 30.2. The fraction of sp³-hybridized carbons (Fsp3) is 0.720. The zero-order valence-corrected chi connectivity index (χ0v) is 24.3. The molecular weight excluding hydrogens is 546 g/mol. The Labute approximate surface area is 238 Å². The maximum absolute atomic E-state index is 12.9. The third kappa shape index (κ3) is 12.1. The molecule has 0 bridgehead atoms. The predicted octanol–water partition coefficient (Wildman–Crippen LogP) is -1.85. The van der Waals surface area contributed by atoms with E-state index in [1.165, 1.54) is 7.05 Å². The summed E-state index contributed by atoms with van der Waals surface area (Å²) in [7, 11) is 1.44. The molecule has 5 amide bonds. The van der Waals surface area contributed by atoms with Gasteiger partial charge in [-0.3, -0.25) is 33.7 Å². The molecule has 1 saturated heterocycles. The first-order valence-corrected chi connectivity index (χ1v) is 14.2. The Bertz CT molecular complexity index is 917. The number of rotatable bonds is 20. The first-order valence-electron chi connectivity index (χ1n) is 13.1. The minimum Gasteiger partial charge on any atom is -0.368 e. The second kappa shape index (κ2) is 18.5. The summed E-state index contributed by atoms with van der Waals surface area (Å²) in [5.74, 6) is -2.37. The molecular formula is C25H41N5O9S. The summed E-state index contributed by atoms with van der Waals surface area (Å²) in [6.07, 6.45) is -1.76. The molecule has 40 heavy (non-hydrogen) atoms. The van der Waals surface area contributed by atoms with Gasteiger partial charge in [0.05, 0.1) is 37.3 Å². The molecule has 226 valence electrons. The van der Waals surface area contributed by atoms with Gasteiger partial charge < -0.3 is 36.0 Å². The second-order valence-corrected chi connectivity index (χ2v) is 10.5. The fourth-order valence-electron chi connectivity index (χ4n) is 3.63. The number of ether oxygens (including phenoxy) is 2. The van der Waals surface area contributed by atoms with Gasteiger partial charge in [-0.1, -0.05) is 13.8 Å². The number of thioether (sulfide) groups is 1. The van der Waals surface area contributed by atoms with Crippen LogP contribution in [-0.4, -0.2) is 116 Å². The highest BCUT2D eigenvalue weighted by molar-refractivity contribution is 8.00. The average Bonchev–Trinajstić information content (AvgIpc) is 3.20. The molecule has 4 atom stereocenters. The summed E-state index contributed by atoms with van der Waals surface area (Å²) in [6, 6.07) is -0.812. The lowest BCUT2D eigenvalue weighted by atomic mass is 10.0. The number of nitrogens with one attached hydrogen (secondary N) is 3. The summed E-state index contributed by atoms with van der Waals surface area (Å²) in [6.45, 7) is 5.42. The minimum atomic E-state index is -0.948. The molecule has 5 N–H and O–H groups in total. The van der Waals surface area contributed by atoms with Gasteiger partial charge in [0, 0.05) is 44.8 Å². The molecule has 0 saturated carbocycles. The van der Waals surface area contributed by atoms with Crippen LogP contribution in [0.5, 0.6) is 0 Å². The molecule has 1 aliphatic rings. The van der Waals surface area contributed by atoms with E-state index < -0.39 is 41.2 Å². The van der Waals surface area contributed by atoms with Crippen LogP contribution in [0, 0.1) is 5.92 Å². The van der Waals surface area contributed by atoms with Crippen molar-refractivity contribution in [2.45, 2.75) is 63.5 Å². The normalized spacial score (nSPS) is 17.4. The lowest BCUT2D eigenvalue weighted by molar-refractivity contribution is -0.141. The van der Waals surface area contributed by atoms with Crippen molar-refractivity contribution in [3.8, 4) is 0 Å². The molecule has 0 aromatic carbocycles. The molecule has 0 spiro atoms. The number of carbonyl (C=O) groups excluding carboxylic acids is 7. The standard InChI is InChI=1S/C25H41N5O9S/c1-5-30-22(34)11-18(25(30)37)39-9-7-29-24(36)19(40-14-17(26)23(35)15(2)3)12-21(33)28-6-8-38-16(13-31)10-20(32)27-4/h13,15-19H,5-12,14,26H2,1-4H3,(H,27,32)(H,28,33)(H,29,36). The van der Waals surface area contributed by atoms with Gasteiger partial charge in [0.25, 0.3) is 5.91 Å². The zero-order valence-electron chi connectivity index (χ0n) is 23.4. The fourth-order valence-corrected chi connectivity index (χ4v) is 4.74. The van der Waals surface area contributed by atoms with Gasteiger partial charge in [0.15, 0.2) is 5.78 Å². The van der Waals surface area contributed by atoms with Crippen LogP contribution in [0.4, 0.5) is 0 Å². The molecule has 1 aliphatic heterocycles. The van der Waals surface area contributed by atoms with E-state index in [0.29, 0.717) is 6.29 Å². The Morgan fingerprint density at radius 2 is 1.77 bits per heavy atom. The van der Waals surface area contributed by atoms with Gasteiger partial charge >= 0.3 is 0 Å². The van der Waals surface area contributed by atoms with Crippen molar-refractivity contribution in [3.63, 3.8) is 0 Å². The van der Waals surface area contributed by atoms with Crippen LogP contribution in [0.1, 0.15) is 40.0 Å². The molecule has 15 heteroatoms. The summed E-state index contributed by atoms with van der Waals surface area (Å²) >= 11 is 1.07. The molecule has 1 rings (SSSR count). The topological polar surface area (TPSA) is 203 Å². The van der Waals surface area contributed by atoms with Crippen molar-refractivity contribution in [1.82, 2.24) is 20.9 Å². The number of Topliss-reactive ketones (excluding diaryl/α,β-unsaturated/α-hetero) is 1. The summed E-state index contributed by atoms with van der Waals surface area (Å²) in [5.41, 5.74) is 5.96. The Morgan fingerprint density at radius 1 is 1.10 bits per heavy atom. The quantitative estimate of drug-likeness (QED) is 0.0707. The number of likely N-dealkylation sites (tertiary alicyclic amines) is 1. The third-order valence-electron chi connectivity index (χ3n) is 5.89. The molecule has 4 unspecified atom stereocenters. The number of hydrogen-bond donors (Lipinski definition) is 4. The lowest BCUT2D eigenvalue weighted by Gasteiger charge is -2.19. The van der Waals surface area contributed by atoms with E-state index in [-0.39, 0.29) is 81.4 Å². The van der Waals surface area contributed by atoms with Gasteiger partial charge in [0.1, 0.15) is 18.5 Å². The number of carbonyl (C=O) groups is 7. The number of likely N-dealkylation sites (N-methyl/N-ethyl adjacent to an activating group) is 1. The molecule has 0 aromatic heterocycles. The maximum atomic E-state index is 12.9. The second-order valence-electron chi connectivity index (χ2n) is 9.29. The van der Waals surface area contributed by atoms with E-state index in [0.717, 1.165) is 16.7 Å². The SMILES string of the molecule is CCN1C(=O)CC(OCCNC(=O)C(CC(=O)NCCOC(C=O)CC(=O)NC)SCC(N)C(=O)C(C)C)C1=O. The van der Waals surface area contributed by atoms with Crippen molar-refractivity contribution in [2.24, 2.45) is 11.7 Å². The third-order valence-corrected chi connectivity index (χ3v) is 7.22. The Kier molecular flexibility index (Phi) is 16.2. The van der Waals surface area contributed by atoms with Crippen LogP contribution in [0.25, 0.3) is 0 Å². The van der Waals surface area contributed by atoms with Crippen LogP contribution < -0.4 is 21.7 Å². The van der Waals surface area contributed by atoms with Crippen LogP contribution >= 0.6 is 11.8 Å².